The standard InChI is InChI=1S/C22H22F5N3O5/c1-4-34-17-12(5-6-13(23)16(17)24)15-10(2)21(3,22(25,26)27)35-18(15)20(32)29-11-7-8-30(33)14(9-11)19(28)31/h5-10,14-15,18H,4H2,1-3H3,(H2-,28,29,31,32)/p+1/t10-,14+,15+,18?,21+/m1/s1. The SMILES string of the molecule is CCOc1c([C@H]2C(C(=O)NC3=C[C@@H](C(N)=O)[N+](=O)C=C3)O[C@](C)(C(F)(F)F)[C@@H]2C)ccc(F)c1F. The third-order valence-corrected chi connectivity index (χ3v) is 6.23. The number of primary amides is 1. The van der Waals surface area contributed by atoms with E-state index >= 15 is 0 Å². The number of carbonyl (C=O) groups is 2. The van der Waals surface area contributed by atoms with E-state index in [1.165, 1.54) is 13.8 Å². The molecule has 0 spiro atoms. The van der Waals surface area contributed by atoms with Crippen LogP contribution in [0.2, 0.25) is 0 Å². The number of ether oxygens (including phenoxy) is 2. The molecular weight excluding hydrogens is 481 g/mol. The first-order valence-corrected chi connectivity index (χ1v) is 10.5. The molecule has 13 heteroatoms. The summed E-state index contributed by atoms with van der Waals surface area (Å²) in [5, 5.41) is 2.31. The Morgan fingerprint density at radius 1 is 1.29 bits per heavy atom. The Bertz CT molecular complexity index is 1120. The number of nitrogens with one attached hydrogen (secondary N) is 1. The maximum Gasteiger partial charge on any atom is 0.417 e. The quantitative estimate of drug-likeness (QED) is 0.457. The highest BCUT2D eigenvalue weighted by Crippen LogP contribution is 2.54. The predicted octanol–water partition coefficient (Wildman–Crippen LogP) is 2.96. The predicted molar refractivity (Wildman–Crippen MR) is 111 cm³/mol. The molecule has 5 atom stereocenters. The van der Waals surface area contributed by atoms with Gasteiger partial charge in [0.05, 0.1) is 12.3 Å². The van der Waals surface area contributed by atoms with E-state index in [2.05, 4.69) is 5.32 Å². The van der Waals surface area contributed by atoms with E-state index in [0.717, 1.165) is 37.4 Å². The Kier molecular flexibility index (Phi) is 7.02. The average molecular weight is 504 g/mol. The first-order valence-electron chi connectivity index (χ1n) is 10.5. The maximum atomic E-state index is 14.6. The van der Waals surface area contributed by atoms with Gasteiger partial charge in [-0.3, -0.25) is 9.59 Å². The molecule has 0 saturated carbocycles. The molecule has 2 heterocycles. The Labute approximate surface area is 196 Å². The van der Waals surface area contributed by atoms with Crippen molar-refractivity contribution < 1.29 is 45.8 Å². The molecule has 0 aromatic heterocycles. The highest BCUT2D eigenvalue weighted by atomic mass is 19.4. The van der Waals surface area contributed by atoms with Crippen LogP contribution in [-0.2, 0) is 14.3 Å². The van der Waals surface area contributed by atoms with Gasteiger partial charge in [-0.1, -0.05) is 13.0 Å². The van der Waals surface area contributed by atoms with Crippen LogP contribution in [0.25, 0.3) is 0 Å². The number of benzene rings is 1. The van der Waals surface area contributed by atoms with Crippen molar-refractivity contribution in [1.82, 2.24) is 5.32 Å². The summed E-state index contributed by atoms with van der Waals surface area (Å²) in [5.41, 5.74) is 2.05. The summed E-state index contributed by atoms with van der Waals surface area (Å²) >= 11 is 0. The second-order valence-corrected chi connectivity index (χ2v) is 8.30. The number of rotatable bonds is 6. The molecule has 8 nitrogen and oxygen atoms in total. The molecule has 1 unspecified atom stereocenters. The summed E-state index contributed by atoms with van der Waals surface area (Å²) in [6.07, 6.45) is -3.71. The Hall–Kier alpha value is -3.35. The van der Waals surface area contributed by atoms with Gasteiger partial charge in [0, 0.05) is 39.2 Å². The van der Waals surface area contributed by atoms with Gasteiger partial charge in [0.15, 0.2) is 17.2 Å². The van der Waals surface area contributed by atoms with Gasteiger partial charge in [0.2, 0.25) is 12.0 Å². The van der Waals surface area contributed by atoms with Crippen molar-refractivity contribution in [2.24, 2.45) is 11.7 Å². The smallest absolute Gasteiger partial charge is 0.417 e. The van der Waals surface area contributed by atoms with Crippen LogP contribution < -0.4 is 15.8 Å². The molecule has 0 aliphatic carbocycles. The molecule has 2 amide bonds. The largest absolute Gasteiger partial charge is 0.490 e. The lowest BCUT2D eigenvalue weighted by Crippen LogP contribution is -2.47. The molecule has 2 aliphatic heterocycles. The monoisotopic (exact) mass is 504 g/mol. The van der Waals surface area contributed by atoms with E-state index < -0.39 is 65.0 Å². The molecule has 190 valence electrons. The fourth-order valence-electron chi connectivity index (χ4n) is 4.17. The average Bonchev–Trinajstić information content (AvgIpc) is 3.05. The normalized spacial score (nSPS) is 28.6. The van der Waals surface area contributed by atoms with Gasteiger partial charge in [-0.25, -0.2) is 4.39 Å². The Morgan fingerprint density at radius 2 is 1.94 bits per heavy atom. The summed E-state index contributed by atoms with van der Waals surface area (Å²) in [7, 11) is 0. The minimum atomic E-state index is -4.92. The van der Waals surface area contributed by atoms with Gasteiger partial charge in [-0.15, -0.1) is 0 Å². The topological polar surface area (TPSA) is 111 Å². The van der Waals surface area contributed by atoms with Crippen molar-refractivity contribution in [3.63, 3.8) is 0 Å². The molecule has 1 saturated heterocycles. The lowest BCUT2D eigenvalue weighted by Gasteiger charge is -2.32. The van der Waals surface area contributed by atoms with Crippen molar-refractivity contribution in [1.29, 1.82) is 0 Å². The van der Waals surface area contributed by atoms with E-state index in [-0.39, 0.29) is 22.6 Å². The lowest BCUT2D eigenvalue weighted by molar-refractivity contribution is -0.495. The Morgan fingerprint density at radius 3 is 2.51 bits per heavy atom. The third kappa shape index (κ3) is 4.64. The molecule has 3 N–H and O–H groups in total. The third-order valence-electron chi connectivity index (χ3n) is 6.23. The second-order valence-electron chi connectivity index (χ2n) is 8.30. The fraction of sp³-hybridized carbons (Fsp3) is 0.455. The number of nitrogens with two attached hydrogens (primary N) is 1. The minimum Gasteiger partial charge on any atom is -0.490 e. The highest BCUT2D eigenvalue weighted by molar-refractivity contribution is 5.86. The lowest BCUT2D eigenvalue weighted by atomic mass is 9.77. The molecule has 1 aromatic rings. The van der Waals surface area contributed by atoms with Gasteiger partial charge in [-0.05, 0) is 19.9 Å². The second kappa shape index (κ2) is 9.36. The molecule has 35 heavy (non-hydrogen) atoms. The number of nitrogens with zero attached hydrogens (tertiary/aromatic N) is 1. The van der Waals surface area contributed by atoms with Gasteiger partial charge in [-0.2, -0.15) is 17.6 Å². The van der Waals surface area contributed by atoms with Crippen LogP contribution in [0.5, 0.6) is 5.75 Å². The fourth-order valence-corrected chi connectivity index (χ4v) is 4.17. The van der Waals surface area contributed by atoms with Crippen molar-refractivity contribution in [3.05, 3.63) is 58.3 Å². The molecule has 0 radical (unpaired) electrons. The number of amides is 2. The Balaban J connectivity index is 2.06. The summed E-state index contributed by atoms with van der Waals surface area (Å²) in [4.78, 5) is 36.3. The number of alkyl halides is 3. The van der Waals surface area contributed by atoms with Crippen LogP contribution >= 0.6 is 0 Å². The molecular formula is C22H23F5N3O5+. The van der Waals surface area contributed by atoms with Crippen molar-refractivity contribution in [3.8, 4) is 5.75 Å². The van der Waals surface area contributed by atoms with E-state index in [4.69, 9.17) is 15.2 Å². The number of carbonyl (C=O) groups excluding carboxylic acids is 2. The van der Waals surface area contributed by atoms with Crippen LogP contribution in [0.1, 0.15) is 32.3 Å². The number of halogens is 5. The van der Waals surface area contributed by atoms with Gasteiger partial charge < -0.3 is 20.5 Å². The van der Waals surface area contributed by atoms with Crippen molar-refractivity contribution in [2.45, 2.75) is 50.6 Å². The molecule has 3 rings (SSSR count). The summed E-state index contributed by atoms with van der Waals surface area (Å²) < 4.78 is 81.2. The molecule has 2 aliphatic rings. The molecule has 1 aromatic carbocycles. The number of hydrogen-bond donors (Lipinski definition) is 2. The highest BCUT2D eigenvalue weighted by Gasteiger charge is 2.66. The van der Waals surface area contributed by atoms with Crippen LogP contribution in [0.15, 0.2) is 36.2 Å². The van der Waals surface area contributed by atoms with E-state index in [1.54, 1.807) is 0 Å². The van der Waals surface area contributed by atoms with Crippen molar-refractivity contribution >= 4 is 11.8 Å². The van der Waals surface area contributed by atoms with E-state index in [0.29, 0.717) is 0 Å². The first-order chi connectivity index (χ1) is 16.2. The first kappa shape index (κ1) is 26.3. The van der Waals surface area contributed by atoms with Crippen LogP contribution in [0.4, 0.5) is 22.0 Å². The summed E-state index contributed by atoms with van der Waals surface area (Å²) in [6.45, 7) is 3.29. The van der Waals surface area contributed by atoms with Gasteiger partial charge in [0.25, 0.3) is 11.8 Å². The van der Waals surface area contributed by atoms with Crippen molar-refractivity contribution in [2.75, 3.05) is 6.61 Å². The van der Waals surface area contributed by atoms with Crippen LogP contribution in [0.3, 0.4) is 0 Å². The van der Waals surface area contributed by atoms with E-state index in [1.807, 2.05) is 0 Å². The molecule has 0 bridgehead atoms. The minimum absolute atomic E-state index is 0.0863. The number of nitroso groups, excluding NO2 is 1. The van der Waals surface area contributed by atoms with E-state index in [9.17, 15) is 36.4 Å². The zero-order chi connectivity index (χ0) is 26.3. The summed E-state index contributed by atoms with van der Waals surface area (Å²) in [6, 6.07) is 0.324. The zero-order valence-electron chi connectivity index (χ0n) is 18.9. The zero-order valence-corrected chi connectivity index (χ0v) is 18.9. The van der Waals surface area contributed by atoms with Gasteiger partial charge in [0.1, 0.15) is 6.10 Å². The van der Waals surface area contributed by atoms with Gasteiger partial charge >= 0.3 is 12.2 Å². The number of allylic oxidation sites excluding steroid dienone is 1. The maximum absolute atomic E-state index is 14.6. The number of hydrogen-bond acceptors (Lipinski definition) is 5. The molecule has 1 fully saturated rings. The van der Waals surface area contributed by atoms with Crippen LogP contribution in [0, 0.1) is 22.5 Å². The van der Waals surface area contributed by atoms with Crippen LogP contribution in [-0.4, -0.2) is 47.1 Å². The summed E-state index contributed by atoms with van der Waals surface area (Å²) in [5.74, 6) is -8.24.